The number of likely N-dealkylation sites (tertiary alicyclic amines) is 1. The third kappa shape index (κ3) is 3.39. The zero-order chi connectivity index (χ0) is 13.8. The molecule has 0 aliphatic carbocycles. The number of nitrogens with two attached hydrogens (primary N) is 1. The van der Waals surface area contributed by atoms with Crippen LogP contribution in [0.15, 0.2) is 12.1 Å². The largest absolute Gasteiger partial charge is 0.330 e. The van der Waals surface area contributed by atoms with Gasteiger partial charge in [0, 0.05) is 21.8 Å². The molecule has 0 amide bonds. The second kappa shape index (κ2) is 6.87. The maximum Gasteiger partial charge on any atom is 0.0484 e. The average molecular weight is 280 g/mol. The Labute approximate surface area is 122 Å². The lowest BCUT2D eigenvalue weighted by molar-refractivity contribution is 0.124. The number of hydrogen-bond acceptors (Lipinski definition) is 3. The Kier molecular flexibility index (Phi) is 5.43. The summed E-state index contributed by atoms with van der Waals surface area (Å²) in [7, 11) is 0. The van der Waals surface area contributed by atoms with Gasteiger partial charge in [0.25, 0.3) is 0 Å². The van der Waals surface area contributed by atoms with Crippen molar-refractivity contribution in [2.75, 3.05) is 13.1 Å². The van der Waals surface area contributed by atoms with Gasteiger partial charge in [0.2, 0.25) is 0 Å². The van der Waals surface area contributed by atoms with E-state index in [4.69, 9.17) is 5.73 Å². The SMILES string of the molecule is CCc1ccc(C2C(CN)CCCCN2C(C)C)s1. The summed E-state index contributed by atoms with van der Waals surface area (Å²) in [6.07, 6.45) is 5.07. The summed E-state index contributed by atoms with van der Waals surface area (Å²) in [6.45, 7) is 8.91. The summed E-state index contributed by atoms with van der Waals surface area (Å²) in [6, 6.07) is 5.79. The lowest BCUT2D eigenvalue weighted by atomic mass is 9.93. The van der Waals surface area contributed by atoms with E-state index in [2.05, 4.69) is 37.8 Å². The van der Waals surface area contributed by atoms with Gasteiger partial charge in [-0.3, -0.25) is 4.90 Å². The lowest BCUT2D eigenvalue weighted by Crippen LogP contribution is -2.39. The van der Waals surface area contributed by atoms with Gasteiger partial charge in [0.15, 0.2) is 0 Å². The second-order valence-corrected chi connectivity index (χ2v) is 7.13. The highest BCUT2D eigenvalue weighted by Crippen LogP contribution is 2.39. The molecule has 0 saturated carbocycles. The van der Waals surface area contributed by atoms with E-state index in [0.29, 0.717) is 18.0 Å². The first-order valence-corrected chi connectivity index (χ1v) is 8.53. The summed E-state index contributed by atoms with van der Waals surface area (Å²) in [5.74, 6) is 0.619. The molecule has 0 bridgehead atoms. The molecule has 0 radical (unpaired) electrons. The molecule has 2 heterocycles. The molecule has 1 fully saturated rings. The predicted octanol–water partition coefficient (Wildman–Crippen LogP) is 3.82. The quantitative estimate of drug-likeness (QED) is 0.908. The van der Waals surface area contributed by atoms with Crippen LogP contribution in [0.4, 0.5) is 0 Å². The summed E-state index contributed by atoms with van der Waals surface area (Å²) in [5.41, 5.74) is 6.08. The average Bonchev–Trinajstić information content (AvgIpc) is 2.76. The number of thiophene rings is 1. The van der Waals surface area contributed by atoms with E-state index in [1.54, 1.807) is 0 Å². The van der Waals surface area contributed by atoms with Crippen LogP contribution in [0.3, 0.4) is 0 Å². The van der Waals surface area contributed by atoms with Crippen LogP contribution in [0.5, 0.6) is 0 Å². The first kappa shape index (κ1) is 15.0. The van der Waals surface area contributed by atoms with E-state index in [0.717, 1.165) is 13.0 Å². The van der Waals surface area contributed by atoms with E-state index in [-0.39, 0.29) is 0 Å². The van der Waals surface area contributed by atoms with Crippen LogP contribution in [0.25, 0.3) is 0 Å². The van der Waals surface area contributed by atoms with Gasteiger partial charge in [-0.2, -0.15) is 0 Å². The Bertz CT molecular complexity index is 386. The molecular formula is C16H28N2S. The maximum atomic E-state index is 6.08. The zero-order valence-corrected chi connectivity index (χ0v) is 13.4. The Balaban J connectivity index is 2.31. The van der Waals surface area contributed by atoms with Gasteiger partial charge in [-0.1, -0.05) is 13.3 Å². The van der Waals surface area contributed by atoms with Crippen molar-refractivity contribution in [3.63, 3.8) is 0 Å². The highest BCUT2D eigenvalue weighted by atomic mass is 32.1. The molecule has 0 spiro atoms. The fourth-order valence-electron chi connectivity index (χ4n) is 3.23. The van der Waals surface area contributed by atoms with E-state index in [1.165, 1.54) is 35.6 Å². The molecule has 2 unspecified atom stereocenters. The number of rotatable bonds is 4. The van der Waals surface area contributed by atoms with Crippen molar-refractivity contribution in [1.29, 1.82) is 0 Å². The molecule has 1 saturated heterocycles. The molecule has 2 nitrogen and oxygen atoms in total. The number of aryl methyl sites for hydroxylation is 1. The first-order valence-electron chi connectivity index (χ1n) is 7.71. The van der Waals surface area contributed by atoms with E-state index in [1.807, 2.05) is 11.3 Å². The van der Waals surface area contributed by atoms with Crippen molar-refractivity contribution in [3.05, 3.63) is 21.9 Å². The van der Waals surface area contributed by atoms with E-state index in [9.17, 15) is 0 Å². The minimum absolute atomic E-state index is 0.540. The topological polar surface area (TPSA) is 29.3 Å². The minimum Gasteiger partial charge on any atom is -0.330 e. The molecule has 1 aromatic heterocycles. The van der Waals surface area contributed by atoms with Crippen molar-refractivity contribution in [1.82, 2.24) is 4.90 Å². The van der Waals surface area contributed by atoms with Crippen molar-refractivity contribution in [2.24, 2.45) is 11.7 Å². The standard InChI is InChI=1S/C16H28N2S/c1-4-14-8-9-15(19-14)16-13(11-17)7-5-6-10-18(16)12(2)3/h8-9,12-13,16H,4-7,10-11,17H2,1-3H3. The summed E-state index contributed by atoms with van der Waals surface area (Å²) in [5, 5.41) is 0. The minimum atomic E-state index is 0.540. The number of nitrogens with zero attached hydrogens (tertiary/aromatic N) is 1. The Morgan fingerprint density at radius 3 is 2.74 bits per heavy atom. The maximum absolute atomic E-state index is 6.08. The first-order chi connectivity index (χ1) is 9.17. The normalized spacial score (nSPS) is 25.7. The smallest absolute Gasteiger partial charge is 0.0484 e. The van der Waals surface area contributed by atoms with Crippen molar-refractivity contribution in [3.8, 4) is 0 Å². The third-order valence-corrected chi connectivity index (χ3v) is 5.63. The lowest BCUT2D eigenvalue weighted by Gasteiger charge is -2.37. The van der Waals surface area contributed by atoms with Gasteiger partial charge in [-0.05, 0) is 64.3 Å². The molecule has 19 heavy (non-hydrogen) atoms. The molecule has 1 aliphatic heterocycles. The van der Waals surface area contributed by atoms with Gasteiger partial charge in [-0.25, -0.2) is 0 Å². The van der Waals surface area contributed by atoms with E-state index >= 15 is 0 Å². The molecular weight excluding hydrogens is 252 g/mol. The van der Waals surface area contributed by atoms with Gasteiger partial charge >= 0.3 is 0 Å². The monoisotopic (exact) mass is 280 g/mol. The molecule has 2 rings (SSSR count). The molecule has 3 heteroatoms. The Morgan fingerprint density at radius 2 is 2.16 bits per heavy atom. The van der Waals surface area contributed by atoms with Crippen molar-refractivity contribution >= 4 is 11.3 Å². The van der Waals surface area contributed by atoms with Crippen LogP contribution in [0.2, 0.25) is 0 Å². The Hall–Kier alpha value is -0.380. The summed E-state index contributed by atoms with van der Waals surface area (Å²) in [4.78, 5) is 5.71. The van der Waals surface area contributed by atoms with Crippen LogP contribution in [0.1, 0.15) is 55.8 Å². The van der Waals surface area contributed by atoms with Gasteiger partial charge in [-0.15, -0.1) is 11.3 Å². The zero-order valence-electron chi connectivity index (χ0n) is 12.6. The fourth-order valence-corrected chi connectivity index (χ4v) is 4.40. The highest BCUT2D eigenvalue weighted by Gasteiger charge is 2.32. The Morgan fingerprint density at radius 1 is 1.37 bits per heavy atom. The van der Waals surface area contributed by atoms with Crippen LogP contribution < -0.4 is 5.73 Å². The van der Waals surface area contributed by atoms with Gasteiger partial charge < -0.3 is 5.73 Å². The predicted molar refractivity (Wildman–Crippen MR) is 84.7 cm³/mol. The second-order valence-electron chi connectivity index (χ2n) is 5.93. The molecule has 1 aromatic rings. The molecule has 1 aliphatic rings. The molecule has 2 atom stereocenters. The van der Waals surface area contributed by atoms with Crippen LogP contribution in [-0.2, 0) is 6.42 Å². The van der Waals surface area contributed by atoms with Gasteiger partial charge in [0.05, 0.1) is 0 Å². The van der Waals surface area contributed by atoms with Crippen LogP contribution in [0, 0.1) is 5.92 Å². The van der Waals surface area contributed by atoms with Crippen LogP contribution in [-0.4, -0.2) is 24.0 Å². The van der Waals surface area contributed by atoms with Crippen LogP contribution >= 0.6 is 11.3 Å². The summed E-state index contributed by atoms with van der Waals surface area (Å²) < 4.78 is 0. The highest BCUT2D eigenvalue weighted by molar-refractivity contribution is 7.12. The fraction of sp³-hybridized carbons (Fsp3) is 0.750. The third-order valence-electron chi connectivity index (χ3n) is 4.33. The molecule has 108 valence electrons. The number of hydrogen-bond donors (Lipinski definition) is 1. The summed E-state index contributed by atoms with van der Waals surface area (Å²) >= 11 is 1.99. The molecule has 0 aromatic carbocycles. The molecule has 2 N–H and O–H groups in total. The van der Waals surface area contributed by atoms with Gasteiger partial charge in [0.1, 0.15) is 0 Å². The van der Waals surface area contributed by atoms with Crippen molar-refractivity contribution < 1.29 is 0 Å². The van der Waals surface area contributed by atoms with Crippen molar-refractivity contribution in [2.45, 2.75) is 58.5 Å². The van der Waals surface area contributed by atoms with E-state index < -0.39 is 0 Å².